The molecule has 286 valence electrons. The summed E-state index contributed by atoms with van der Waals surface area (Å²) in [7, 11) is 0. The van der Waals surface area contributed by atoms with Crippen LogP contribution in [0.15, 0.2) is 36.5 Å². The third-order valence-electron chi connectivity index (χ3n) is 9.22. The molecule has 0 saturated carbocycles. The van der Waals surface area contributed by atoms with Crippen LogP contribution < -0.4 is 5.32 Å². The predicted octanol–water partition coefficient (Wildman–Crippen LogP) is 6.94. The molecule has 1 aliphatic rings. The molecule has 1 aliphatic heterocycles. The third kappa shape index (κ3) is 22.8. The van der Waals surface area contributed by atoms with Crippen molar-refractivity contribution in [3.63, 3.8) is 0 Å². The Bertz CT molecular complexity index is 863. The van der Waals surface area contributed by atoms with Gasteiger partial charge in [0.25, 0.3) is 0 Å². The van der Waals surface area contributed by atoms with E-state index in [0.717, 1.165) is 70.6 Å². The lowest BCUT2D eigenvalue weighted by Crippen LogP contribution is -2.60. The van der Waals surface area contributed by atoms with E-state index in [2.05, 4.69) is 55.6 Å². The van der Waals surface area contributed by atoms with Crippen LogP contribution in [0.3, 0.4) is 0 Å². The van der Waals surface area contributed by atoms with E-state index in [0.29, 0.717) is 12.8 Å². The summed E-state index contributed by atoms with van der Waals surface area (Å²) in [5.74, 6) is -0.172. The van der Waals surface area contributed by atoms with Gasteiger partial charge in [0.1, 0.15) is 24.4 Å². The molecule has 2 unspecified atom stereocenters. The van der Waals surface area contributed by atoms with Crippen LogP contribution in [0.4, 0.5) is 0 Å². The normalized spacial score (nSPS) is 22.8. The van der Waals surface area contributed by atoms with Crippen LogP contribution in [0.5, 0.6) is 0 Å². The van der Waals surface area contributed by atoms with Gasteiger partial charge >= 0.3 is 0 Å². The number of ether oxygens (including phenoxy) is 2. The van der Waals surface area contributed by atoms with E-state index in [-0.39, 0.29) is 12.5 Å². The van der Waals surface area contributed by atoms with Gasteiger partial charge < -0.3 is 40.3 Å². The molecule has 0 bridgehead atoms. The highest BCUT2D eigenvalue weighted by atomic mass is 16.7. The molecule has 1 fully saturated rings. The fourth-order valence-corrected chi connectivity index (χ4v) is 5.95. The molecule has 9 heteroatoms. The van der Waals surface area contributed by atoms with E-state index in [1.54, 1.807) is 0 Å². The molecule has 9 nitrogen and oxygen atoms in total. The van der Waals surface area contributed by atoms with Crippen molar-refractivity contribution in [3.8, 4) is 0 Å². The molecule has 1 heterocycles. The fraction of sp³-hybridized carbons (Fsp3) is 0.825. The second-order valence-corrected chi connectivity index (χ2v) is 13.7. The molecular weight excluding hydrogens is 622 g/mol. The summed E-state index contributed by atoms with van der Waals surface area (Å²) in [5, 5.41) is 54.0. The van der Waals surface area contributed by atoms with Crippen LogP contribution in [0.25, 0.3) is 0 Å². The Balaban J connectivity index is 2.44. The van der Waals surface area contributed by atoms with E-state index >= 15 is 0 Å². The smallest absolute Gasteiger partial charge is 0.220 e. The first-order valence-corrected chi connectivity index (χ1v) is 19.7. The Morgan fingerprint density at radius 3 is 1.82 bits per heavy atom. The molecule has 1 amide bonds. The minimum absolute atomic E-state index is 0.157. The van der Waals surface area contributed by atoms with Gasteiger partial charge in [-0.1, -0.05) is 115 Å². The average Bonchev–Trinajstić information content (AvgIpc) is 3.10. The minimum atomic E-state index is -1.56. The predicted molar refractivity (Wildman–Crippen MR) is 198 cm³/mol. The summed E-state index contributed by atoms with van der Waals surface area (Å²) in [6.45, 7) is 3.73. The lowest BCUT2D eigenvalue weighted by atomic mass is 9.99. The van der Waals surface area contributed by atoms with Crippen LogP contribution in [-0.4, -0.2) is 87.5 Å². The van der Waals surface area contributed by atoms with Crippen molar-refractivity contribution < 1.29 is 39.8 Å². The highest BCUT2D eigenvalue weighted by Gasteiger charge is 2.44. The number of amides is 1. The molecule has 1 rings (SSSR count). The number of aliphatic hydroxyl groups is 5. The molecule has 6 N–H and O–H groups in total. The summed E-state index contributed by atoms with van der Waals surface area (Å²) < 4.78 is 11.2. The molecule has 7 atom stereocenters. The Hall–Kier alpha value is -1.59. The summed E-state index contributed by atoms with van der Waals surface area (Å²) in [5.41, 5.74) is 0. The first-order valence-electron chi connectivity index (χ1n) is 19.7. The largest absolute Gasteiger partial charge is 0.394 e. The van der Waals surface area contributed by atoms with Crippen molar-refractivity contribution >= 4 is 5.91 Å². The van der Waals surface area contributed by atoms with E-state index in [1.807, 2.05) is 0 Å². The van der Waals surface area contributed by atoms with Crippen LogP contribution in [0.2, 0.25) is 0 Å². The Kier molecular flexibility index (Phi) is 28.9. The van der Waals surface area contributed by atoms with Gasteiger partial charge in [-0.2, -0.15) is 0 Å². The van der Waals surface area contributed by atoms with Gasteiger partial charge in [-0.05, 0) is 70.6 Å². The minimum Gasteiger partial charge on any atom is -0.394 e. The second-order valence-electron chi connectivity index (χ2n) is 13.7. The van der Waals surface area contributed by atoms with Gasteiger partial charge in [-0.15, -0.1) is 0 Å². The molecule has 1 saturated heterocycles. The maximum absolute atomic E-state index is 12.9. The standard InChI is InChI=1S/C40H73NO8/c1-3-5-7-9-11-13-15-16-17-18-20-22-24-26-28-30-36(44)41-33(32-48-40-39(47)38(46)37(45)35(31-42)49-40)34(43)29-27-25-23-21-19-14-12-10-8-6-4-2/h11,13,16-17,19,21,33-35,37-40,42-43,45-47H,3-10,12,14-15,18,20,22-32H2,1-2H3,(H,41,44)/b13-11+,17-16+,21-19+/t33-,34+,35-,37-,38?,39?,40-/m0/s1. The van der Waals surface area contributed by atoms with E-state index in [9.17, 15) is 30.3 Å². The van der Waals surface area contributed by atoms with Crippen molar-refractivity contribution in [1.82, 2.24) is 5.32 Å². The van der Waals surface area contributed by atoms with Crippen molar-refractivity contribution in [2.45, 2.75) is 198 Å². The molecule has 0 aliphatic carbocycles. The van der Waals surface area contributed by atoms with Crippen molar-refractivity contribution in [2.75, 3.05) is 13.2 Å². The maximum atomic E-state index is 12.9. The third-order valence-corrected chi connectivity index (χ3v) is 9.22. The van der Waals surface area contributed by atoms with Crippen molar-refractivity contribution in [2.24, 2.45) is 0 Å². The number of rotatable bonds is 31. The van der Waals surface area contributed by atoms with Crippen molar-refractivity contribution in [1.29, 1.82) is 0 Å². The molecule has 0 aromatic heterocycles. The highest BCUT2D eigenvalue weighted by Crippen LogP contribution is 2.22. The highest BCUT2D eigenvalue weighted by molar-refractivity contribution is 5.76. The monoisotopic (exact) mass is 696 g/mol. The number of unbranched alkanes of at least 4 members (excludes halogenated alkanes) is 15. The average molecular weight is 696 g/mol. The lowest BCUT2D eigenvalue weighted by molar-refractivity contribution is -0.302. The van der Waals surface area contributed by atoms with Gasteiger partial charge in [-0.25, -0.2) is 0 Å². The van der Waals surface area contributed by atoms with Crippen LogP contribution >= 0.6 is 0 Å². The lowest BCUT2D eigenvalue weighted by Gasteiger charge is -2.40. The van der Waals surface area contributed by atoms with Gasteiger partial charge in [0.05, 0.1) is 25.4 Å². The number of carbonyl (C=O) groups is 1. The molecule has 0 aromatic carbocycles. The number of hydrogen-bond donors (Lipinski definition) is 6. The maximum Gasteiger partial charge on any atom is 0.220 e. The van der Waals surface area contributed by atoms with Crippen LogP contribution in [0, 0.1) is 0 Å². The van der Waals surface area contributed by atoms with Gasteiger partial charge in [0.2, 0.25) is 5.91 Å². The Morgan fingerprint density at radius 1 is 0.694 bits per heavy atom. The Labute approximate surface area is 298 Å². The SMILES string of the molecule is CCCCC/C=C/C/C=C/CCCCCCCC(=O)N[C@@H](CO[C@H]1O[C@@H](CO)[C@H](O)C(O)C1O)[C@H](O)CCCC/C=C/CCCCCCC. The number of carbonyl (C=O) groups excluding carboxylic acids is 1. The summed E-state index contributed by atoms with van der Waals surface area (Å²) in [6.07, 6.45) is 28.6. The first kappa shape index (κ1) is 45.4. The summed E-state index contributed by atoms with van der Waals surface area (Å²) in [6, 6.07) is -0.739. The number of nitrogens with one attached hydrogen (secondary N) is 1. The number of allylic oxidation sites excluding steroid dienone is 6. The summed E-state index contributed by atoms with van der Waals surface area (Å²) >= 11 is 0. The zero-order valence-corrected chi connectivity index (χ0v) is 30.9. The molecule has 0 radical (unpaired) electrons. The van der Waals surface area contributed by atoms with Crippen LogP contribution in [0.1, 0.15) is 155 Å². The van der Waals surface area contributed by atoms with Gasteiger partial charge in [0, 0.05) is 6.42 Å². The first-order chi connectivity index (χ1) is 23.8. The second kappa shape index (κ2) is 31.2. The van der Waals surface area contributed by atoms with Gasteiger partial charge in [-0.3, -0.25) is 4.79 Å². The van der Waals surface area contributed by atoms with Crippen LogP contribution in [-0.2, 0) is 14.3 Å². The van der Waals surface area contributed by atoms with Gasteiger partial charge in [0.15, 0.2) is 6.29 Å². The fourth-order valence-electron chi connectivity index (χ4n) is 5.95. The Morgan fingerprint density at radius 2 is 1.20 bits per heavy atom. The summed E-state index contributed by atoms with van der Waals surface area (Å²) in [4.78, 5) is 12.9. The van der Waals surface area contributed by atoms with Crippen molar-refractivity contribution in [3.05, 3.63) is 36.5 Å². The zero-order valence-electron chi connectivity index (χ0n) is 30.9. The molecule has 0 aromatic rings. The quantitative estimate of drug-likeness (QED) is 0.0338. The number of hydrogen-bond acceptors (Lipinski definition) is 8. The van der Waals surface area contributed by atoms with E-state index < -0.39 is 49.5 Å². The molecule has 0 spiro atoms. The molecular formula is C40H73NO8. The number of aliphatic hydroxyl groups excluding tert-OH is 5. The van der Waals surface area contributed by atoms with E-state index in [4.69, 9.17) is 9.47 Å². The molecule has 49 heavy (non-hydrogen) atoms. The van der Waals surface area contributed by atoms with E-state index in [1.165, 1.54) is 57.8 Å². The topological polar surface area (TPSA) is 149 Å². The zero-order chi connectivity index (χ0) is 36.0.